The molecule has 3 rings (SSSR count). The molecular formula is C35H60ClN5O2. The highest BCUT2D eigenvalue weighted by atomic mass is 35.5. The summed E-state index contributed by atoms with van der Waals surface area (Å²) >= 11 is 6.22. The van der Waals surface area contributed by atoms with Gasteiger partial charge in [-0.3, -0.25) is 0 Å². The maximum absolute atomic E-state index is 6.22. The van der Waals surface area contributed by atoms with Crippen molar-refractivity contribution in [3.05, 3.63) is 5.28 Å². The predicted octanol–water partition coefficient (Wildman–Crippen LogP) is 11.7. The molecule has 0 spiro atoms. The number of halogens is 1. The van der Waals surface area contributed by atoms with Crippen LogP contribution in [0.25, 0.3) is 0 Å². The Kier molecular flexibility index (Phi) is 20.4. The fraction of sp³-hybridized carbons (Fsp3) is 0.857. The van der Waals surface area contributed by atoms with Gasteiger partial charge in [-0.15, -0.1) is 4.98 Å². The number of aromatic nitrogens is 3. The predicted molar refractivity (Wildman–Crippen MR) is 179 cm³/mol. The monoisotopic (exact) mass is 617 g/mol. The minimum absolute atomic E-state index is 0.0244. The first-order valence-electron chi connectivity index (χ1n) is 18.2. The Labute approximate surface area is 267 Å². The molecule has 2 aliphatic carbocycles. The van der Waals surface area contributed by atoms with E-state index in [1.807, 2.05) is 0 Å². The average Bonchev–Trinajstić information content (AvgIpc) is 3.00. The van der Waals surface area contributed by atoms with Crippen molar-refractivity contribution in [2.75, 3.05) is 0 Å². The molecule has 1 heterocycles. The summed E-state index contributed by atoms with van der Waals surface area (Å²) < 4.78 is 0. The summed E-state index contributed by atoms with van der Waals surface area (Å²) in [4.78, 5) is 24.0. The van der Waals surface area contributed by atoms with Gasteiger partial charge < -0.3 is 9.68 Å². The number of nitrogens with zero attached hydrogens (tertiary/aromatic N) is 5. The van der Waals surface area contributed by atoms with Crippen molar-refractivity contribution in [1.29, 1.82) is 0 Å². The van der Waals surface area contributed by atoms with E-state index in [1.54, 1.807) is 0 Å². The summed E-state index contributed by atoms with van der Waals surface area (Å²) in [5, 5.41) is 9.00. The van der Waals surface area contributed by atoms with Crippen LogP contribution in [0.15, 0.2) is 10.3 Å². The molecule has 0 radical (unpaired) electrons. The lowest BCUT2D eigenvalue weighted by atomic mass is 10.0. The molecule has 0 atom stereocenters. The fourth-order valence-electron chi connectivity index (χ4n) is 6.24. The molecule has 1 aromatic rings. The van der Waals surface area contributed by atoms with Crippen molar-refractivity contribution in [3.8, 4) is 12.0 Å². The zero-order valence-electron chi connectivity index (χ0n) is 27.1. The Morgan fingerprint density at radius 3 is 0.837 bits per heavy atom. The minimum Gasteiger partial charge on any atom is -0.315 e. The topological polar surface area (TPSA) is 81.9 Å². The van der Waals surface area contributed by atoms with Crippen molar-refractivity contribution in [1.82, 2.24) is 15.0 Å². The first-order chi connectivity index (χ1) is 21.3. The van der Waals surface area contributed by atoms with E-state index in [0.717, 1.165) is 62.8 Å². The quantitative estimate of drug-likeness (QED) is 0.314. The highest BCUT2D eigenvalue weighted by Gasteiger charge is 2.11. The van der Waals surface area contributed by atoms with Crippen LogP contribution < -0.4 is 9.68 Å². The van der Waals surface area contributed by atoms with Crippen molar-refractivity contribution >= 4 is 23.0 Å². The summed E-state index contributed by atoms with van der Waals surface area (Å²) in [5.41, 5.74) is 2.16. The third-order valence-corrected chi connectivity index (χ3v) is 9.11. The van der Waals surface area contributed by atoms with Crippen LogP contribution in [0.1, 0.15) is 193 Å². The minimum atomic E-state index is 0.0244. The maximum Gasteiger partial charge on any atom is 0.353 e. The third-order valence-electron chi connectivity index (χ3n) is 8.94. The second-order valence-electron chi connectivity index (χ2n) is 12.9. The van der Waals surface area contributed by atoms with Gasteiger partial charge in [-0.25, -0.2) is 0 Å². The van der Waals surface area contributed by atoms with Crippen LogP contribution in [-0.2, 0) is 0 Å². The van der Waals surface area contributed by atoms with Gasteiger partial charge in [-0.05, 0) is 63.0 Å². The maximum atomic E-state index is 6.22. The van der Waals surface area contributed by atoms with Crippen molar-refractivity contribution < 1.29 is 9.68 Å². The Hall–Kier alpha value is -1.76. The largest absolute Gasteiger partial charge is 0.353 e. The van der Waals surface area contributed by atoms with Crippen LogP contribution in [0.2, 0.25) is 5.28 Å². The molecular weight excluding hydrogens is 558 g/mol. The van der Waals surface area contributed by atoms with E-state index in [-0.39, 0.29) is 17.3 Å². The average molecular weight is 618 g/mol. The van der Waals surface area contributed by atoms with E-state index >= 15 is 0 Å². The van der Waals surface area contributed by atoms with Crippen LogP contribution >= 0.6 is 11.6 Å². The van der Waals surface area contributed by atoms with E-state index in [4.69, 9.17) is 21.3 Å². The van der Waals surface area contributed by atoms with Crippen molar-refractivity contribution in [2.45, 2.75) is 193 Å². The summed E-state index contributed by atoms with van der Waals surface area (Å²) in [5.74, 6) is 0. The fourth-order valence-corrected chi connectivity index (χ4v) is 6.39. The van der Waals surface area contributed by atoms with Gasteiger partial charge in [0.1, 0.15) is 0 Å². The molecule has 2 fully saturated rings. The number of hydrogen-bond donors (Lipinski definition) is 0. The molecule has 8 heteroatoms. The van der Waals surface area contributed by atoms with Crippen LogP contribution in [0.4, 0.5) is 0 Å². The van der Waals surface area contributed by atoms with E-state index in [1.165, 1.54) is 141 Å². The van der Waals surface area contributed by atoms with Crippen LogP contribution in [0, 0.1) is 0 Å². The lowest BCUT2D eigenvalue weighted by molar-refractivity contribution is 0.276. The number of rotatable bonds is 4. The molecule has 7 nitrogen and oxygen atoms in total. The lowest BCUT2D eigenvalue weighted by Crippen LogP contribution is -2.06. The first-order valence-corrected chi connectivity index (χ1v) is 18.5. The summed E-state index contributed by atoms with van der Waals surface area (Å²) in [7, 11) is 0. The van der Waals surface area contributed by atoms with E-state index in [2.05, 4.69) is 25.3 Å². The second kappa shape index (κ2) is 24.5. The Morgan fingerprint density at radius 2 is 0.581 bits per heavy atom. The molecule has 0 bridgehead atoms. The van der Waals surface area contributed by atoms with Gasteiger partial charge >= 0.3 is 12.0 Å². The van der Waals surface area contributed by atoms with Gasteiger partial charge in [0.15, 0.2) is 0 Å². The SMILES string of the molecule is Clc1nc(ON=C2CCCCCCCCCCCCCCC2)nc(ON=C2CCCCCCCCCCCCCCC2)n1. The summed E-state index contributed by atoms with van der Waals surface area (Å²) in [6, 6.07) is 0.126. The van der Waals surface area contributed by atoms with Gasteiger partial charge in [-0.1, -0.05) is 152 Å². The number of hydrogen-bond acceptors (Lipinski definition) is 7. The summed E-state index contributed by atoms with van der Waals surface area (Å²) in [6.45, 7) is 0. The molecule has 0 aromatic carbocycles. The van der Waals surface area contributed by atoms with Gasteiger partial charge in [0.25, 0.3) is 0 Å². The van der Waals surface area contributed by atoms with Gasteiger partial charge in [-0.2, -0.15) is 9.97 Å². The molecule has 0 unspecified atom stereocenters. The molecule has 0 saturated heterocycles. The second-order valence-corrected chi connectivity index (χ2v) is 13.2. The van der Waals surface area contributed by atoms with Gasteiger partial charge in [0, 0.05) is 0 Å². The molecule has 0 aliphatic heterocycles. The molecule has 0 amide bonds. The smallest absolute Gasteiger partial charge is 0.315 e. The highest BCUT2D eigenvalue weighted by Crippen LogP contribution is 2.19. The van der Waals surface area contributed by atoms with E-state index in [9.17, 15) is 0 Å². The molecule has 244 valence electrons. The van der Waals surface area contributed by atoms with Gasteiger partial charge in [0.2, 0.25) is 5.28 Å². The van der Waals surface area contributed by atoms with Crippen LogP contribution in [0.3, 0.4) is 0 Å². The Morgan fingerprint density at radius 1 is 0.349 bits per heavy atom. The molecule has 0 N–H and O–H groups in total. The normalized spacial score (nSPS) is 21.0. The van der Waals surface area contributed by atoms with Crippen LogP contribution in [-0.4, -0.2) is 26.4 Å². The molecule has 2 aliphatic rings. The molecule has 1 aromatic heterocycles. The van der Waals surface area contributed by atoms with Gasteiger partial charge in [0.05, 0.1) is 11.4 Å². The molecule has 2 saturated carbocycles. The number of oxime groups is 2. The van der Waals surface area contributed by atoms with E-state index < -0.39 is 0 Å². The first kappa shape index (κ1) is 35.7. The zero-order chi connectivity index (χ0) is 30.0. The summed E-state index contributed by atoms with van der Waals surface area (Å²) in [6.07, 6.45) is 37.9. The Bertz CT molecular complexity index is 806. The standard InChI is InChI=1S/C35H60ClN5O2/c36-33-37-34(42-40-31-27-23-19-15-11-7-3-1-4-8-12-16-20-24-28-31)39-35(38-33)43-41-32-29-25-21-17-13-9-5-2-6-10-14-18-22-26-30-32/h1-30H2. The third kappa shape index (κ3) is 18.6. The Balaban J connectivity index is 1.55. The molecule has 43 heavy (non-hydrogen) atoms. The van der Waals surface area contributed by atoms with E-state index in [0.29, 0.717) is 0 Å². The van der Waals surface area contributed by atoms with Crippen molar-refractivity contribution in [3.63, 3.8) is 0 Å². The highest BCUT2D eigenvalue weighted by molar-refractivity contribution is 6.28. The zero-order valence-corrected chi connectivity index (χ0v) is 27.9. The van der Waals surface area contributed by atoms with Crippen molar-refractivity contribution in [2.24, 2.45) is 10.3 Å². The lowest BCUT2D eigenvalue weighted by Gasteiger charge is -2.09. The van der Waals surface area contributed by atoms with Crippen LogP contribution in [0.5, 0.6) is 12.0 Å².